The van der Waals surface area contributed by atoms with Gasteiger partial charge in [0.15, 0.2) is 18.4 Å². The number of thiocarbonyl (C=S) groups is 1. The average molecular weight is 290 g/mol. The first kappa shape index (κ1) is 13.8. The Labute approximate surface area is 126 Å². The molecule has 2 aliphatic rings. The number of rotatable bonds is 3. The van der Waals surface area contributed by atoms with Gasteiger partial charge in [-0.1, -0.05) is 49.6 Å². The van der Waals surface area contributed by atoms with Gasteiger partial charge in [0.1, 0.15) is 6.54 Å². The maximum absolute atomic E-state index is 5.53. The second-order valence-electron chi connectivity index (χ2n) is 5.99. The molecule has 0 bridgehead atoms. The Morgan fingerprint density at radius 3 is 2.65 bits per heavy atom. The molecular weight excluding hydrogens is 266 g/mol. The Kier molecular flexibility index (Phi) is 4.53. The highest BCUT2D eigenvalue weighted by molar-refractivity contribution is 7.80. The lowest BCUT2D eigenvalue weighted by Gasteiger charge is -2.41. The molecule has 2 N–H and O–H groups in total. The van der Waals surface area contributed by atoms with Crippen LogP contribution >= 0.6 is 12.2 Å². The van der Waals surface area contributed by atoms with Crippen molar-refractivity contribution in [2.45, 2.75) is 44.7 Å². The molecule has 0 radical (unpaired) electrons. The molecule has 0 aromatic heterocycles. The van der Waals surface area contributed by atoms with Crippen molar-refractivity contribution >= 4 is 17.3 Å². The smallest absolute Gasteiger partial charge is 0.177 e. The summed E-state index contributed by atoms with van der Waals surface area (Å²) in [5.74, 6) is 0. The Bertz CT molecular complexity index is 442. The van der Waals surface area contributed by atoms with Crippen LogP contribution in [0, 0.1) is 0 Å². The van der Waals surface area contributed by atoms with E-state index >= 15 is 0 Å². The van der Waals surface area contributed by atoms with Gasteiger partial charge in [-0.05, 0) is 25.1 Å². The van der Waals surface area contributed by atoms with Crippen LogP contribution in [0.2, 0.25) is 0 Å². The molecule has 1 saturated carbocycles. The molecule has 20 heavy (non-hydrogen) atoms. The fourth-order valence-electron chi connectivity index (χ4n) is 3.36. The standard InChI is InChI=1S/C16H23N3S/c20-16-17-12-18(11-14-7-3-1-4-8-14)13-19(16)15-9-5-2-6-10-15/h1,3-4,7-8,15H,2,5-6,9-13H2,(H,17,20)/p+1. The lowest BCUT2D eigenvalue weighted by atomic mass is 9.94. The average Bonchev–Trinajstić information content (AvgIpc) is 2.51. The van der Waals surface area contributed by atoms with E-state index in [-0.39, 0.29) is 0 Å². The van der Waals surface area contributed by atoms with Crippen molar-refractivity contribution in [3.05, 3.63) is 35.9 Å². The van der Waals surface area contributed by atoms with Crippen LogP contribution in [0.25, 0.3) is 0 Å². The lowest BCUT2D eigenvalue weighted by Crippen LogP contribution is -3.16. The van der Waals surface area contributed by atoms with Crippen molar-refractivity contribution in [2.75, 3.05) is 13.3 Å². The largest absolute Gasteiger partial charge is 0.316 e. The molecule has 108 valence electrons. The van der Waals surface area contributed by atoms with Gasteiger partial charge in [0.05, 0.1) is 0 Å². The van der Waals surface area contributed by atoms with Crippen molar-refractivity contribution in [2.24, 2.45) is 0 Å². The van der Waals surface area contributed by atoms with Gasteiger partial charge < -0.3 is 5.32 Å². The number of hydrogen-bond donors (Lipinski definition) is 2. The van der Waals surface area contributed by atoms with Crippen LogP contribution in [0.1, 0.15) is 37.7 Å². The summed E-state index contributed by atoms with van der Waals surface area (Å²) < 4.78 is 0. The Morgan fingerprint density at radius 2 is 1.90 bits per heavy atom. The van der Waals surface area contributed by atoms with E-state index in [1.807, 2.05) is 0 Å². The van der Waals surface area contributed by atoms with E-state index in [1.165, 1.54) is 37.7 Å². The van der Waals surface area contributed by atoms with Crippen molar-refractivity contribution in [3.8, 4) is 0 Å². The van der Waals surface area contributed by atoms with Crippen molar-refractivity contribution in [1.82, 2.24) is 10.2 Å². The van der Waals surface area contributed by atoms with Crippen LogP contribution in [0.3, 0.4) is 0 Å². The normalized spacial score (nSPS) is 24.5. The van der Waals surface area contributed by atoms with Gasteiger partial charge in [-0.15, -0.1) is 0 Å². The van der Waals surface area contributed by atoms with Gasteiger partial charge in [-0.3, -0.25) is 9.80 Å². The van der Waals surface area contributed by atoms with Crippen LogP contribution in [0.15, 0.2) is 30.3 Å². The van der Waals surface area contributed by atoms with Crippen molar-refractivity contribution in [3.63, 3.8) is 0 Å². The van der Waals surface area contributed by atoms with Gasteiger partial charge in [0.2, 0.25) is 0 Å². The van der Waals surface area contributed by atoms with Gasteiger partial charge >= 0.3 is 0 Å². The molecule has 1 aliphatic carbocycles. The summed E-state index contributed by atoms with van der Waals surface area (Å²) in [4.78, 5) is 3.99. The first-order chi connectivity index (χ1) is 9.83. The summed E-state index contributed by atoms with van der Waals surface area (Å²) in [6.45, 7) is 3.06. The van der Waals surface area contributed by atoms with Crippen LogP contribution in [0.4, 0.5) is 0 Å². The van der Waals surface area contributed by atoms with E-state index in [2.05, 4.69) is 40.5 Å². The molecule has 0 amide bonds. The highest BCUT2D eigenvalue weighted by atomic mass is 32.1. The molecule has 0 spiro atoms. The summed E-state index contributed by atoms with van der Waals surface area (Å²) in [6.07, 6.45) is 6.72. The van der Waals surface area contributed by atoms with Crippen LogP contribution in [-0.4, -0.2) is 29.4 Å². The van der Waals surface area contributed by atoms with Crippen LogP contribution in [0.5, 0.6) is 0 Å². The number of nitrogens with one attached hydrogen (secondary N) is 2. The molecule has 2 fully saturated rings. The summed E-state index contributed by atoms with van der Waals surface area (Å²) in [6, 6.07) is 11.4. The quantitative estimate of drug-likeness (QED) is 0.823. The van der Waals surface area contributed by atoms with Crippen molar-refractivity contribution in [1.29, 1.82) is 0 Å². The maximum Gasteiger partial charge on any atom is 0.177 e. The molecular formula is C16H24N3S+. The highest BCUT2D eigenvalue weighted by Gasteiger charge is 2.30. The third-order valence-corrected chi connectivity index (χ3v) is 4.84. The Hall–Kier alpha value is -1.13. The van der Waals surface area contributed by atoms with E-state index in [0.29, 0.717) is 6.04 Å². The van der Waals surface area contributed by atoms with Gasteiger partial charge in [0, 0.05) is 11.6 Å². The molecule has 3 nitrogen and oxygen atoms in total. The van der Waals surface area contributed by atoms with Gasteiger partial charge in [-0.2, -0.15) is 0 Å². The van der Waals surface area contributed by atoms with Gasteiger partial charge in [0.25, 0.3) is 0 Å². The zero-order valence-electron chi connectivity index (χ0n) is 12.0. The number of quaternary nitrogens is 1. The minimum atomic E-state index is 0.662. The van der Waals surface area contributed by atoms with Gasteiger partial charge in [-0.25, -0.2) is 0 Å². The van der Waals surface area contributed by atoms with E-state index < -0.39 is 0 Å². The predicted octanol–water partition coefficient (Wildman–Crippen LogP) is 1.51. The summed E-state index contributed by atoms with van der Waals surface area (Å²) in [5.41, 5.74) is 1.40. The second-order valence-corrected chi connectivity index (χ2v) is 6.38. The fourth-order valence-corrected chi connectivity index (χ4v) is 3.65. The number of nitrogens with zero attached hydrogens (tertiary/aromatic N) is 1. The van der Waals surface area contributed by atoms with E-state index in [1.54, 1.807) is 4.90 Å². The minimum absolute atomic E-state index is 0.662. The van der Waals surface area contributed by atoms with E-state index in [0.717, 1.165) is 25.0 Å². The SMILES string of the molecule is S=C1NC[NH+](Cc2ccccc2)CN1C1CCCCC1. The second kappa shape index (κ2) is 6.55. The molecule has 4 heteroatoms. The third kappa shape index (κ3) is 3.30. The van der Waals surface area contributed by atoms with Crippen molar-refractivity contribution < 1.29 is 4.90 Å². The summed E-state index contributed by atoms with van der Waals surface area (Å²) in [5, 5.41) is 4.39. The first-order valence-corrected chi connectivity index (χ1v) is 8.16. The fraction of sp³-hybridized carbons (Fsp3) is 0.562. The Balaban J connectivity index is 1.62. The zero-order valence-corrected chi connectivity index (χ0v) is 12.8. The number of hydrogen-bond acceptors (Lipinski definition) is 1. The topological polar surface area (TPSA) is 19.7 Å². The van der Waals surface area contributed by atoms with Crippen LogP contribution in [-0.2, 0) is 6.54 Å². The van der Waals surface area contributed by atoms with E-state index in [9.17, 15) is 0 Å². The highest BCUT2D eigenvalue weighted by Crippen LogP contribution is 2.22. The molecule has 1 unspecified atom stereocenters. The predicted molar refractivity (Wildman–Crippen MR) is 85.3 cm³/mol. The molecule has 1 aromatic rings. The molecule has 3 rings (SSSR count). The molecule has 1 heterocycles. The molecule has 1 aliphatic heterocycles. The lowest BCUT2D eigenvalue weighted by molar-refractivity contribution is -0.928. The minimum Gasteiger partial charge on any atom is -0.316 e. The first-order valence-electron chi connectivity index (χ1n) is 7.75. The van der Waals surface area contributed by atoms with Crippen LogP contribution < -0.4 is 10.2 Å². The third-order valence-electron chi connectivity index (χ3n) is 4.46. The molecule has 1 saturated heterocycles. The van der Waals surface area contributed by atoms with E-state index in [4.69, 9.17) is 12.2 Å². The Morgan fingerprint density at radius 1 is 1.15 bits per heavy atom. The maximum atomic E-state index is 5.53. The summed E-state index contributed by atoms with van der Waals surface area (Å²) >= 11 is 5.53. The summed E-state index contributed by atoms with van der Waals surface area (Å²) in [7, 11) is 0. The zero-order chi connectivity index (χ0) is 13.8. The molecule has 1 atom stereocenters. The monoisotopic (exact) mass is 290 g/mol. The number of benzene rings is 1. The molecule has 1 aromatic carbocycles.